The third kappa shape index (κ3) is 15.0. The largest absolute Gasteiger partial charge is 0.477 e. The third-order valence-electron chi connectivity index (χ3n) is 7.74. The van der Waals surface area contributed by atoms with Crippen molar-refractivity contribution < 1.29 is 58.1 Å². The second kappa shape index (κ2) is 24.5. The lowest BCUT2D eigenvalue weighted by Gasteiger charge is -2.00. The standard InChI is InChI=1S/C14H15N3O5.C7H8N2O4.C7H10N2O2.C6H6N2O4.CH4.2ClH/c1-15-7-9(4-12(15)14(19)22-3)5-13(18)11-6-10(17(20)21)8-16(11)2;1-8-4-5(9(11)12)3-6(8)7(10)13-2;1-9-4-5(8)3-6(9)7(10)11-2;1-7-3-4(8(11)12)2-5(7)6(9)10;;;/h4,6-8H,5H2,1-3H3;3-4H,1-2H3;3-4H,8H2,1-2H3;2-3H,1H3,(H,9,10);1H4;2*1H. The molecule has 0 aliphatic carbocycles. The van der Waals surface area contributed by atoms with Crippen molar-refractivity contribution in [1.29, 1.82) is 0 Å². The number of aromatic nitrogens is 5. The second-order valence-corrected chi connectivity index (χ2v) is 11.8. The molecule has 0 saturated carbocycles. The highest BCUT2D eigenvalue weighted by atomic mass is 35.5. The van der Waals surface area contributed by atoms with E-state index in [4.69, 9.17) is 10.8 Å². The van der Waals surface area contributed by atoms with E-state index in [9.17, 15) is 54.3 Å². The number of methoxy groups -OCH3 is 3. The zero-order chi connectivity index (χ0) is 44.2. The minimum absolute atomic E-state index is 0. The summed E-state index contributed by atoms with van der Waals surface area (Å²) in [6, 6.07) is 6.58. The lowest BCUT2D eigenvalue weighted by atomic mass is 10.1. The zero-order valence-electron chi connectivity index (χ0n) is 33.1. The van der Waals surface area contributed by atoms with Gasteiger partial charge in [0.25, 0.3) is 17.1 Å². The number of ketones is 1. The van der Waals surface area contributed by atoms with Crippen LogP contribution in [0.25, 0.3) is 0 Å². The normalized spacial score (nSPS) is 9.51. The van der Waals surface area contributed by atoms with Gasteiger partial charge >= 0.3 is 23.9 Å². The van der Waals surface area contributed by atoms with Crippen LogP contribution < -0.4 is 5.73 Å². The third-order valence-corrected chi connectivity index (χ3v) is 7.74. The number of halogens is 2. The number of esters is 3. The number of nitrogens with zero attached hydrogens (tertiary/aromatic N) is 8. The molecule has 0 fully saturated rings. The predicted octanol–water partition coefficient (Wildman–Crippen LogP) is 4.71. The summed E-state index contributed by atoms with van der Waals surface area (Å²) in [7, 11) is 11.8. The first-order valence-corrected chi connectivity index (χ1v) is 16.1. The first-order valence-electron chi connectivity index (χ1n) is 16.1. The van der Waals surface area contributed by atoms with Crippen molar-refractivity contribution in [3.8, 4) is 0 Å². The number of aromatic carboxylic acids is 1. The number of nitrogen functional groups attached to an aromatic ring is 1. The van der Waals surface area contributed by atoms with Gasteiger partial charge in [-0.3, -0.25) is 35.1 Å². The molecule has 0 unspecified atom stereocenters. The summed E-state index contributed by atoms with van der Waals surface area (Å²) in [5, 5.41) is 39.8. The number of ether oxygens (including phenoxy) is 3. The van der Waals surface area contributed by atoms with Gasteiger partial charge < -0.3 is 47.9 Å². The van der Waals surface area contributed by atoms with Gasteiger partial charge in [0.1, 0.15) is 22.8 Å². The Morgan fingerprint density at radius 1 is 0.557 bits per heavy atom. The van der Waals surface area contributed by atoms with E-state index in [0.29, 0.717) is 22.6 Å². The van der Waals surface area contributed by atoms with Crippen molar-refractivity contribution in [2.24, 2.45) is 35.2 Å². The van der Waals surface area contributed by atoms with Gasteiger partial charge in [0.05, 0.1) is 66.1 Å². The van der Waals surface area contributed by atoms with E-state index in [0.717, 1.165) is 12.3 Å². The molecule has 24 nitrogen and oxygen atoms in total. The average Bonchev–Trinajstić information content (AvgIpc) is 3.99. The number of carboxylic acids is 1. The number of rotatable bonds is 10. The number of anilines is 1. The summed E-state index contributed by atoms with van der Waals surface area (Å²) >= 11 is 0. The molecule has 0 aromatic carbocycles. The molecule has 61 heavy (non-hydrogen) atoms. The summed E-state index contributed by atoms with van der Waals surface area (Å²) in [4.78, 5) is 85.7. The smallest absolute Gasteiger partial charge is 0.354 e. The number of carboxylic acid groups (broad SMARTS) is 1. The van der Waals surface area contributed by atoms with Gasteiger partial charge in [-0.05, 0) is 17.7 Å². The monoisotopic (exact) mass is 901 g/mol. The Bertz CT molecular complexity index is 2370. The maximum Gasteiger partial charge on any atom is 0.354 e. The van der Waals surface area contributed by atoms with E-state index < -0.39 is 32.7 Å². The fourth-order valence-electron chi connectivity index (χ4n) is 4.95. The molecular formula is C35H45Cl2N9O15. The Labute approximate surface area is 359 Å². The summed E-state index contributed by atoms with van der Waals surface area (Å²) in [6.45, 7) is 0. The summed E-state index contributed by atoms with van der Waals surface area (Å²) in [5.74, 6) is -2.89. The Hall–Kier alpha value is -7.47. The van der Waals surface area contributed by atoms with Crippen LogP contribution in [0.5, 0.6) is 0 Å². The van der Waals surface area contributed by atoms with Crippen LogP contribution in [-0.2, 0) is 55.9 Å². The molecule has 5 heterocycles. The molecule has 3 N–H and O–H groups in total. The molecule has 26 heteroatoms. The molecule has 0 aliphatic rings. The molecule has 5 aromatic heterocycles. The van der Waals surface area contributed by atoms with Crippen molar-refractivity contribution in [2.45, 2.75) is 13.8 Å². The number of Topliss-reactive ketones (excluding diaryl/α,β-unsaturated/α-hetero) is 1. The highest BCUT2D eigenvalue weighted by molar-refractivity contribution is 5.97. The van der Waals surface area contributed by atoms with Crippen LogP contribution in [0.1, 0.15) is 65.4 Å². The molecule has 0 aliphatic heterocycles. The first kappa shape index (κ1) is 55.6. The van der Waals surface area contributed by atoms with Gasteiger partial charge in [0.2, 0.25) is 0 Å². The number of carbonyl (C=O) groups is 5. The average molecular weight is 903 g/mol. The van der Waals surface area contributed by atoms with E-state index in [1.54, 1.807) is 61.9 Å². The molecule has 334 valence electrons. The molecule has 0 radical (unpaired) electrons. The number of nitrogens with two attached hydrogens (primary N) is 1. The highest BCUT2D eigenvalue weighted by Gasteiger charge is 2.21. The molecule has 5 aromatic rings. The fraction of sp³-hybridized carbons (Fsp3) is 0.286. The van der Waals surface area contributed by atoms with Crippen molar-refractivity contribution in [3.63, 3.8) is 0 Å². The van der Waals surface area contributed by atoms with Crippen LogP contribution in [-0.4, -0.2) is 93.7 Å². The molecule has 0 atom stereocenters. The molecular weight excluding hydrogens is 857 g/mol. The van der Waals surface area contributed by atoms with Crippen LogP contribution in [0.15, 0.2) is 61.3 Å². The van der Waals surface area contributed by atoms with Crippen molar-refractivity contribution in [2.75, 3.05) is 27.1 Å². The Morgan fingerprint density at radius 3 is 1.20 bits per heavy atom. The van der Waals surface area contributed by atoms with E-state index >= 15 is 0 Å². The quantitative estimate of drug-likeness (QED) is 0.0630. The van der Waals surface area contributed by atoms with Gasteiger partial charge in [0.15, 0.2) is 5.78 Å². The first-order chi connectivity index (χ1) is 27.1. The van der Waals surface area contributed by atoms with Crippen molar-refractivity contribution >= 4 is 77.2 Å². The van der Waals surface area contributed by atoms with E-state index in [-0.39, 0.29) is 84.6 Å². The predicted molar refractivity (Wildman–Crippen MR) is 222 cm³/mol. The van der Waals surface area contributed by atoms with Crippen LogP contribution in [0.2, 0.25) is 0 Å². The SMILES string of the molecule is C.COC(=O)c1cc(CC(=O)c2cc([N+](=O)[O-])cn2C)cn1C.COC(=O)c1cc(N)cn1C.COC(=O)c1cc([N+](=O)[O-])cn1C.Cl.Cl.Cn1cc([N+](=O)[O-])cc1C(=O)O. The molecule has 5 rings (SSSR count). The second-order valence-electron chi connectivity index (χ2n) is 11.8. The fourth-order valence-corrected chi connectivity index (χ4v) is 4.95. The number of hydrogen-bond donors (Lipinski definition) is 2. The minimum atomic E-state index is -1.18. The summed E-state index contributed by atoms with van der Waals surface area (Å²) < 4.78 is 20.8. The maximum absolute atomic E-state index is 12.3. The van der Waals surface area contributed by atoms with Crippen molar-refractivity contribution in [3.05, 3.63) is 126 Å². The minimum Gasteiger partial charge on any atom is -0.477 e. The van der Waals surface area contributed by atoms with Crippen molar-refractivity contribution in [1.82, 2.24) is 22.8 Å². The number of hydrogen-bond acceptors (Lipinski definition) is 15. The van der Waals surface area contributed by atoms with Crippen LogP contribution in [0.3, 0.4) is 0 Å². The van der Waals surface area contributed by atoms with Gasteiger partial charge in [-0.25, -0.2) is 19.2 Å². The van der Waals surface area contributed by atoms with E-state index in [1.807, 2.05) is 0 Å². The molecule has 0 spiro atoms. The number of aryl methyl sites for hydroxylation is 5. The molecule has 0 amide bonds. The lowest BCUT2D eigenvalue weighted by molar-refractivity contribution is -0.385. The van der Waals surface area contributed by atoms with Crippen LogP contribution in [0, 0.1) is 30.3 Å². The zero-order valence-corrected chi connectivity index (χ0v) is 34.7. The Kier molecular flexibility index (Phi) is 22.3. The van der Waals surface area contributed by atoms with E-state index in [1.165, 1.54) is 66.6 Å². The topological polar surface area (TPSA) is 313 Å². The number of carbonyl (C=O) groups excluding carboxylic acids is 4. The Balaban J connectivity index is 0. The van der Waals surface area contributed by atoms with E-state index in [2.05, 4.69) is 14.2 Å². The maximum atomic E-state index is 12.3. The van der Waals surface area contributed by atoms with Gasteiger partial charge in [-0.15, -0.1) is 24.8 Å². The van der Waals surface area contributed by atoms with Gasteiger partial charge in [-0.2, -0.15) is 0 Å². The molecule has 0 saturated heterocycles. The Morgan fingerprint density at radius 2 is 0.869 bits per heavy atom. The number of nitro groups is 3. The molecule has 0 bridgehead atoms. The highest BCUT2D eigenvalue weighted by Crippen LogP contribution is 2.19. The van der Waals surface area contributed by atoms with Gasteiger partial charge in [-0.1, -0.05) is 7.43 Å². The van der Waals surface area contributed by atoms with Crippen LogP contribution >= 0.6 is 24.8 Å². The summed E-state index contributed by atoms with van der Waals surface area (Å²) in [6.07, 6.45) is 7.06. The lowest BCUT2D eigenvalue weighted by Crippen LogP contribution is -2.07. The van der Waals surface area contributed by atoms with Gasteiger partial charge in [0, 0.05) is 72.3 Å². The van der Waals surface area contributed by atoms with Crippen LogP contribution in [0.4, 0.5) is 22.7 Å². The summed E-state index contributed by atoms with van der Waals surface area (Å²) in [5.41, 5.74) is 7.29.